The highest BCUT2D eigenvalue weighted by Crippen LogP contribution is 2.28. The SMILES string of the molecule is CCNCC(=O)NC1CC(C)CC(C)C1. The second kappa shape index (κ2) is 6.11. The van der Waals surface area contributed by atoms with Gasteiger partial charge in [-0.15, -0.1) is 0 Å². The van der Waals surface area contributed by atoms with Gasteiger partial charge in [0, 0.05) is 6.04 Å². The van der Waals surface area contributed by atoms with Gasteiger partial charge in [-0.1, -0.05) is 20.8 Å². The van der Waals surface area contributed by atoms with Gasteiger partial charge < -0.3 is 10.6 Å². The van der Waals surface area contributed by atoms with Crippen LogP contribution in [0, 0.1) is 11.8 Å². The first-order valence-electron chi connectivity index (χ1n) is 6.11. The Labute approximate surface area is 93.0 Å². The van der Waals surface area contributed by atoms with Crippen LogP contribution in [0.15, 0.2) is 0 Å². The van der Waals surface area contributed by atoms with Gasteiger partial charge in [-0.25, -0.2) is 0 Å². The van der Waals surface area contributed by atoms with Crippen molar-refractivity contribution >= 4 is 5.91 Å². The van der Waals surface area contributed by atoms with Crippen molar-refractivity contribution in [1.29, 1.82) is 0 Å². The summed E-state index contributed by atoms with van der Waals surface area (Å²) in [7, 11) is 0. The van der Waals surface area contributed by atoms with E-state index in [1.165, 1.54) is 6.42 Å². The van der Waals surface area contributed by atoms with Gasteiger partial charge in [-0.05, 0) is 37.6 Å². The highest BCUT2D eigenvalue weighted by atomic mass is 16.1. The minimum absolute atomic E-state index is 0.142. The standard InChI is InChI=1S/C12H24N2O/c1-4-13-8-12(15)14-11-6-9(2)5-10(3)7-11/h9-11,13H,4-8H2,1-3H3,(H,14,15). The predicted molar refractivity (Wildman–Crippen MR) is 62.7 cm³/mol. The fraction of sp³-hybridized carbons (Fsp3) is 0.917. The van der Waals surface area contributed by atoms with E-state index in [0.29, 0.717) is 12.6 Å². The molecule has 0 saturated heterocycles. The van der Waals surface area contributed by atoms with Crippen LogP contribution in [-0.4, -0.2) is 25.0 Å². The Morgan fingerprint density at radius 2 is 1.80 bits per heavy atom. The molecule has 1 rings (SSSR count). The predicted octanol–water partition coefficient (Wildman–Crippen LogP) is 1.54. The van der Waals surface area contributed by atoms with Crippen LogP contribution in [0.3, 0.4) is 0 Å². The molecule has 0 radical (unpaired) electrons. The van der Waals surface area contributed by atoms with E-state index in [1.54, 1.807) is 0 Å². The summed E-state index contributed by atoms with van der Waals surface area (Å²) in [5, 5.41) is 6.16. The number of carbonyl (C=O) groups excluding carboxylic acids is 1. The summed E-state index contributed by atoms with van der Waals surface area (Å²) in [5.74, 6) is 1.64. The third-order valence-corrected chi connectivity index (χ3v) is 3.08. The first-order valence-corrected chi connectivity index (χ1v) is 6.11. The van der Waals surface area contributed by atoms with Crippen molar-refractivity contribution in [2.45, 2.75) is 46.1 Å². The maximum absolute atomic E-state index is 11.5. The molecule has 3 heteroatoms. The normalized spacial score (nSPS) is 31.3. The highest BCUT2D eigenvalue weighted by Gasteiger charge is 2.24. The van der Waals surface area contributed by atoms with Gasteiger partial charge in [0.05, 0.1) is 6.54 Å². The molecule has 1 amide bonds. The van der Waals surface area contributed by atoms with Crippen molar-refractivity contribution in [2.75, 3.05) is 13.1 Å². The van der Waals surface area contributed by atoms with Crippen LogP contribution >= 0.6 is 0 Å². The summed E-state index contributed by atoms with van der Waals surface area (Å²) >= 11 is 0. The molecule has 1 fully saturated rings. The second-order valence-corrected chi connectivity index (χ2v) is 4.96. The van der Waals surface area contributed by atoms with Gasteiger partial charge in [-0.3, -0.25) is 4.79 Å². The van der Waals surface area contributed by atoms with E-state index in [9.17, 15) is 4.79 Å². The van der Waals surface area contributed by atoms with Crippen molar-refractivity contribution in [2.24, 2.45) is 11.8 Å². The minimum atomic E-state index is 0.142. The Kier molecular flexibility index (Phi) is 5.09. The first kappa shape index (κ1) is 12.5. The molecule has 0 aromatic rings. The molecule has 0 heterocycles. The maximum Gasteiger partial charge on any atom is 0.234 e. The molecule has 1 aliphatic carbocycles. The third-order valence-electron chi connectivity index (χ3n) is 3.08. The van der Waals surface area contributed by atoms with E-state index in [2.05, 4.69) is 24.5 Å². The third kappa shape index (κ3) is 4.65. The zero-order chi connectivity index (χ0) is 11.3. The smallest absolute Gasteiger partial charge is 0.234 e. The molecule has 0 aromatic carbocycles. The summed E-state index contributed by atoms with van der Waals surface area (Å²) < 4.78 is 0. The lowest BCUT2D eigenvalue weighted by Gasteiger charge is -2.31. The van der Waals surface area contributed by atoms with Crippen molar-refractivity contribution in [3.8, 4) is 0 Å². The second-order valence-electron chi connectivity index (χ2n) is 4.96. The molecular weight excluding hydrogens is 188 g/mol. The quantitative estimate of drug-likeness (QED) is 0.742. The van der Waals surface area contributed by atoms with E-state index in [0.717, 1.165) is 31.2 Å². The Balaban J connectivity index is 2.27. The van der Waals surface area contributed by atoms with E-state index in [1.807, 2.05) is 6.92 Å². The summed E-state index contributed by atoms with van der Waals surface area (Å²) in [6.45, 7) is 7.87. The van der Waals surface area contributed by atoms with Gasteiger partial charge in [0.2, 0.25) is 5.91 Å². The van der Waals surface area contributed by atoms with Crippen LogP contribution in [0.4, 0.5) is 0 Å². The lowest BCUT2D eigenvalue weighted by atomic mass is 9.80. The monoisotopic (exact) mass is 212 g/mol. The van der Waals surface area contributed by atoms with Crippen LogP contribution in [0.2, 0.25) is 0 Å². The van der Waals surface area contributed by atoms with Crippen LogP contribution in [0.5, 0.6) is 0 Å². The molecule has 1 saturated carbocycles. The molecule has 0 aliphatic heterocycles. The molecular formula is C12H24N2O. The minimum Gasteiger partial charge on any atom is -0.352 e. The van der Waals surface area contributed by atoms with Gasteiger partial charge in [0.1, 0.15) is 0 Å². The summed E-state index contributed by atoms with van der Waals surface area (Å²) in [6.07, 6.45) is 3.59. The number of carbonyl (C=O) groups is 1. The Bertz CT molecular complexity index is 196. The van der Waals surface area contributed by atoms with Gasteiger partial charge in [0.25, 0.3) is 0 Å². The summed E-state index contributed by atoms with van der Waals surface area (Å²) in [4.78, 5) is 11.5. The average Bonchev–Trinajstić information content (AvgIpc) is 2.13. The molecule has 0 spiro atoms. The van der Waals surface area contributed by atoms with Gasteiger partial charge >= 0.3 is 0 Å². The van der Waals surface area contributed by atoms with Gasteiger partial charge in [-0.2, -0.15) is 0 Å². The molecule has 15 heavy (non-hydrogen) atoms. The van der Waals surface area contributed by atoms with Crippen molar-refractivity contribution in [1.82, 2.24) is 10.6 Å². The van der Waals surface area contributed by atoms with E-state index < -0.39 is 0 Å². The highest BCUT2D eigenvalue weighted by molar-refractivity contribution is 5.78. The van der Waals surface area contributed by atoms with Crippen molar-refractivity contribution in [3.63, 3.8) is 0 Å². The number of amides is 1. The number of hydrogen-bond acceptors (Lipinski definition) is 2. The Morgan fingerprint density at radius 3 is 2.33 bits per heavy atom. The molecule has 88 valence electrons. The van der Waals surface area contributed by atoms with E-state index in [4.69, 9.17) is 0 Å². The van der Waals surface area contributed by atoms with Crippen molar-refractivity contribution in [3.05, 3.63) is 0 Å². The number of likely N-dealkylation sites (N-methyl/N-ethyl adjacent to an activating group) is 1. The number of hydrogen-bond donors (Lipinski definition) is 2. The fourth-order valence-corrected chi connectivity index (χ4v) is 2.58. The molecule has 0 bridgehead atoms. The lowest BCUT2D eigenvalue weighted by Crippen LogP contribution is -2.43. The van der Waals surface area contributed by atoms with Gasteiger partial charge in [0.15, 0.2) is 0 Å². The molecule has 0 aromatic heterocycles. The Hall–Kier alpha value is -0.570. The topological polar surface area (TPSA) is 41.1 Å². The molecule has 2 unspecified atom stereocenters. The molecule has 2 atom stereocenters. The molecule has 3 nitrogen and oxygen atoms in total. The van der Waals surface area contributed by atoms with E-state index in [-0.39, 0.29) is 5.91 Å². The summed E-state index contributed by atoms with van der Waals surface area (Å²) in [6, 6.07) is 0.398. The number of nitrogens with one attached hydrogen (secondary N) is 2. The van der Waals surface area contributed by atoms with Crippen molar-refractivity contribution < 1.29 is 4.79 Å². The number of rotatable bonds is 4. The fourth-order valence-electron chi connectivity index (χ4n) is 2.58. The lowest BCUT2D eigenvalue weighted by molar-refractivity contribution is -0.121. The van der Waals surface area contributed by atoms with Crippen LogP contribution in [-0.2, 0) is 4.79 Å². The van der Waals surface area contributed by atoms with Crippen LogP contribution in [0.1, 0.15) is 40.0 Å². The first-order chi connectivity index (χ1) is 7.11. The van der Waals surface area contributed by atoms with Crippen LogP contribution < -0.4 is 10.6 Å². The van der Waals surface area contributed by atoms with E-state index >= 15 is 0 Å². The maximum atomic E-state index is 11.5. The van der Waals surface area contributed by atoms with Crippen LogP contribution in [0.25, 0.3) is 0 Å². The average molecular weight is 212 g/mol. The zero-order valence-corrected chi connectivity index (χ0v) is 10.2. The Morgan fingerprint density at radius 1 is 1.20 bits per heavy atom. The summed E-state index contributed by atoms with van der Waals surface area (Å²) in [5.41, 5.74) is 0. The zero-order valence-electron chi connectivity index (χ0n) is 10.2. The molecule has 2 N–H and O–H groups in total. The largest absolute Gasteiger partial charge is 0.352 e. The molecule has 1 aliphatic rings.